The zero-order valence-corrected chi connectivity index (χ0v) is 16.5. The van der Waals surface area contributed by atoms with Crippen LogP contribution in [0.25, 0.3) is 11.3 Å². The molecule has 0 aliphatic carbocycles. The summed E-state index contributed by atoms with van der Waals surface area (Å²) < 4.78 is 7.55. The molecule has 0 spiro atoms. The first-order chi connectivity index (χ1) is 9.67. The van der Waals surface area contributed by atoms with Crippen molar-refractivity contribution in [3.8, 4) is 23.1 Å². The summed E-state index contributed by atoms with van der Waals surface area (Å²) in [6, 6.07) is 14.0. The second-order valence-corrected chi connectivity index (χ2v) is 5.17. The van der Waals surface area contributed by atoms with Crippen molar-refractivity contribution in [3.05, 3.63) is 50.3 Å². The molecule has 1 heterocycles. The molecule has 0 aliphatic heterocycles. The number of pyridine rings is 1. The van der Waals surface area contributed by atoms with Gasteiger partial charge in [-0.3, -0.25) is 4.79 Å². The zero-order chi connectivity index (χ0) is 14.5. The van der Waals surface area contributed by atoms with Crippen LogP contribution in [0.4, 0.5) is 0 Å². The predicted molar refractivity (Wildman–Crippen MR) is 84.5 cm³/mol. The van der Waals surface area contributed by atoms with Crippen molar-refractivity contribution in [1.82, 2.24) is 4.57 Å². The topological polar surface area (TPSA) is 55.0 Å². The van der Waals surface area contributed by atoms with E-state index in [1.165, 1.54) is 0 Å². The summed E-state index contributed by atoms with van der Waals surface area (Å²) in [7, 11) is 0. The quantitative estimate of drug-likeness (QED) is 0.513. The van der Waals surface area contributed by atoms with Gasteiger partial charge in [-0.1, -0.05) is 11.3 Å². The van der Waals surface area contributed by atoms with Crippen LogP contribution in [0.2, 0.25) is 0 Å². The molecular formula is C15H12IN2O2Y-. The van der Waals surface area contributed by atoms with Crippen LogP contribution in [0.5, 0.6) is 5.75 Å². The number of rotatable bonds is 4. The minimum absolute atomic E-state index is 0. The molecule has 1 radical (unpaired) electrons. The molecule has 4 nitrogen and oxygen atoms in total. The molecule has 0 saturated heterocycles. The number of ether oxygens (including phenoxy) is 1. The van der Waals surface area contributed by atoms with Crippen molar-refractivity contribution in [2.75, 3.05) is 6.61 Å². The summed E-state index contributed by atoms with van der Waals surface area (Å²) in [5, 5.41) is 8.47. The van der Waals surface area contributed by atoms with Gasteiger partial charge in [-0.25, -0.2) is 0 Å². The van der Waals surface area contributed by atoms with Crippen LogP contribution >= 0.6 is 22.6 Å². The summed E-state index contributed by atoms with van der Waals surface area (Å²) in [5.74, 6) is 0.631. The van der Waals surface area contributed by atoms with Crippen LogP contribution in [0.1, 0.15) is 6.92 Å². The van der Waals surface area contributed by atoms with E-state index in [4.69, 9.17) is 10.00 Å². The van der Waals surface area contributed by atoms with Gasteiger partial charge >= 0.3 is 0 Å². The Labute approximate surface area is 162 Å². The third-order valence-electron chi connectivity index (χ3n) is 2.80. The molecule has 0 N–H and O–H groups in total. The molecule has 0 saturated carbocycles. The van der Waals surface area contributed by atoms with Gasteiger partial charge in [-0.15, -0.1) is 34.7 Å². The van der Waals surface area contributed by atoms with Gasteiger partial charge in [-0.2, -0.15) is 17.4 Å². The third-order valence-corrected chi connectivity index (χ3v) is 3.58. The van der Waals surface area contributed by atoms with Gasteiger partial charge in [0.25, 0.3) is 0 Å². The van der Waals surface area contributed by atoms with Crippen molar-refractivity contribution in [1.29, 1.82) is 5.26 Å². The molecule has 0 atom stereocenters. The van der Waals surface area contributed by atoms with E-state index in [9.17, 15) is 4.79 Å². The van der Waals surface area contributed by atoms with E-state index < -0.39 is 0 Å². The Bertz CT molecular complexity index is 705. The summed E-state index contributed by atoms with van der Waals surface area (Å²) in [4.78, 5) is 12.1. The first kappa shape index (κ1) is 18.3. The van der Waals surface area contributed by atoms with Gasteiger partial charge in [0.1, 0.15) is 11.8 Å². The summed E-state index contributed by atoms with van der Waals surface area (Å²) >= 11 is 2.01. The molecule has 105 valence electrons. The Hall–Kier alpha value is -0.706. The van der Waals surface area contributed by atoms with Crippen molar-refractivity contribution in [2.45, 2.75) is 13.5 Å². The number of nitrogens with zero attached hydrogens (tertiary/aromatic N) is 2. The minimum Gasteiger partial charge on any atom is -0.479 e. The average Bonchev–Trinajstić information content (AvgIpc) is 2.48. The standard InChI is InChI=1S/C15H12IN2O2.Y/c1-2-18-14(8-7-13(16)15(18)19)11-3-5-12(6-4-11)20-10-9-17;/h3-7H,2,10H2,1H3;/q-1;. The van der Waals surface area contributed by atoms with E-state index in [1.54, 1.807) is 22.8 Å². The Kier molecular flexibility index (Phi) is 7.57. The van der Waals surface area contributed by atoms with Gasteiger partial charge in [-0.05, 0) is 22.6 Å². The van der Waals surface area contributed by atoms with Crippen LogP contribution in [-0.2, 0) is 39.3 Å². The van der Waals surface area contributed by atoms with E-state index in [-0.39, 0.29) is 44.9 Å². The van der Waals surface area contributed by atoms with Crippen LogP contribution in [0, 0.1) is 21.0 Å². The first-order valence-corrected chi connectivity index (χ1v) is 7.16. The summed E-state index contributed by atoms with van der Waals surface area (Å²) in [6.07, 6.45) is 0. The van der Waals surface area contributed by atoms with Crippen molar-refractivity contribution in [3.63, 3.8) is 0 Å². The van der Waals surface area contributed by atoms with Crippen molar-refractivity contribution in [2.24, 2.45) is 0 Å². The molecular weight excluding hydrogens is 456 g/mol. The average molecular weight is 468 g/mol. The van der Waals surface area contributed by atoms with Crippen LogP contribution in [0.3, 0.4) is 0 Å². The zero-order valence-electron chi connectivity index (χ0n) is 11.5. The fourth-order valence-electron chi connectivity index (χ4n) is 1.87. The van der Waals surface area contributed by atoms with Crippen LogP contribution in [-0.4, -0.2) is 11.2 Å². The van der Waals surface area contributed by atoms with Crippen molar-refractivity contribution < 1.29 is 37.4 Å². The third kappa shape index (κ3) is 4.38. The molecule has 0 bridgehead atoms. The number of benzene rings is 1. The molecule has 0 unspecified atom stereocenters. The Balaban J connectivity index is 0.00000220. The fraction of sp³-hybridized carbons (Fsp3) is 0.200. The van der Waals surface area contributed by atoms with Gasteiger partial charge < -0.3 is 9.30 Å². The molecule has 1 aromatic heterocycles. The normalized spacial score (nSPS) is 9.57. The van der Waals surface area contributed by atoms with E-state index in [0.29, 0.717) is 15.9 Å². The molecule has 6 heteroatoms. The van der Waals surface area contributed by atoms with Gasteiger partial charge in [0.15, 0.2) is 6.61 Å². The SMILES string of the molecule is CCn1c(-c2ccc(OCC#N)cc2)[c-]cc(I)c1=O.[Y]. The first-order valence-electron chi connectivity index (χ1n) is 6.08. The maximum atomic E-state index is 12.1. The second kappa shape index (κ2) is 8.67. The number of nitriles is 1. The van der Waals surface area contributed by atoms with Crippen molar-refractivity contribution >= 4 is 22.6 Å². The Morgan fingerprint density at radius 3 is 2.62 bits per heavy atom. The number of aromatic nitrogens is 1. The van der Waals surface area contributed by atoms with E-state index in [2.05, 4.69) is 6.07 Å². The van der Waals surface area contributed by atoms with Gasteiger partial charge in [0.2, 0.25) is 5.56 Å². The second-order valence-electron chi connectivity index (χ2n) is 4.01. The van der Waals surface area contributed by atoms with Crippen LogP contribution in [0.15, 0.2) is 35.1 Å². The summed E-state index contributed by atoms with van der Waals surface area (Å²) in [5.41, 5.74) is 1.64. The maximum absolute atomic E-state index is 12.1. The number of hydrogen-bond donors (Lipinski definition) is 0. The Morgan fingerprint density at radius 1 is 1.38 bits per heavy atom. The Morgan fingerprint density at radius 2 is 2.05 bits per heavy atom. The molecule has 0 fully saturated rings. The molecule has 0 aliphatic rings. The molecule has 2 aromatic rings. The van der Waals surface area contributed by atoms with E-state index in [0.717, 1.165) is 11.3 Å². The number of halogens is 1. The number of hydrogen-bond acceptors (Lipinski definition) is 3. The summed E-state index contributed by atoms with van der Waals surface area (Å²) in [6.45, 7) is 2.54. The predicted octanol–water partition coefficient (Wildman–Crippen LogP) is 2.84. The monoisotopic (exact) mass is 468 g/mol. The largest absolute Gasteiger partial charge is 0.479 e. The maximum Gasteiger partial charge on any atom is 0.207 e. The van der Waals surface area contributed by atoms with Crippen LogP contribution < -0.4 is 10.3 Å². The molecule has 0 amide bonds. The smallest absolute Gasteiger partial charge is 0.207 e. The molecule has 1 aromatic carbocycles. The van der Waals surface area contributed by atoms with E-state index >= 15 is 0 Å². The molecule has 21 heavy (non-hydrogen) atoms. The van der Waals surface area contributed by atoms with Gasteiger partial charge in [0.05, 0.1) is 0 Å². The van der Waals surface area contributed by atoms with E-state index in [1.807, 2.05) is 47.7 Å². The fourth-order valence-corrected chi connectivity index (χ4v) is 2.31. The van der Waals surface area contributed by atoms with Gasteiger partial charge in [0, 0.05) is 39.3 Å². The minimum atomic E-state index is -0.00772. The molecule has 2 rings (SSSR count).